The van der Waals surface area contributed by atoms with Crippen molar-refractivity contribution < 1.29 is 9.53 Å². The van der Waals surface area contributed by atoms with Crippen LogP contribution in [0.1, 0.15) is 26.3 Å². The fourth-order valence-corrected chi connectivity index (χ4v) is 1.99. The second-order valence-electron chi connectivity index (χ2n) is 5.98. The molecule has 0 spiro atoms. The van der Waals surface area contributed by atoms with Crippen molar-refractivity contribution in [1.82, 2.24) is 10.2 Å². The van der Waals surface area contributed by atoms with Gasteiger partial charge in [-0.25, -0.2) is 0 Å². The monoisotopic (exact) mass is 312 g/mol. The summed E-state index contributed by atoms with van der Waals surface area (Å²) in [6.45, 7) is 11.5. The fourth-order valence-electron chi connectivity index (χ4n) is 1.86. The molecule has 1 aromatic carbocycles. The van der Waals surface area contributed by atoms with Gasteiger partial charge in [0.1, 0.15) is 5.60 Å². The summed E-state index contributed by atoms with van der Waals surface area (Å²) >= 11 is 5.83. The quantitative estimate of drug-likeness (QED) is 0.871. The number of hydrogen-bond donors (Lipinski definition) is 1. The van der Waals surface area contributed by atoms with Crippen LogP contribution in [0.2, 0.25) is 5.02 Å². The van der Waals surface area contributed by atoms with Gasteiger partial charge >= 0.3 is 0 Å². The van der Waals surface area contributed by atoms with Crippen molar-refractivity contribution in [3.63, 3.8) is 0 Å². The standard InChI is InChI=1S/C11H15ClN2.C5H10O2/c12-11-3-1-10(2-4-11)9-14-7-5-13-6-8-14;1-5(2,3)7-4-6/h1-4,13H,5-9H2;4H,1-3H3. The lowest BCUT2D eigenvalue weighted by Crippen LogP contribution is -2.42. The Balaban J connectivity index is 0.000000270. The van der Waals surface area contributed by atoms with E-state index in [9.17, 15) is 4.79 Å². The second-order valence-corrected chi connectivity index (χ2v) is 6.42. The largest absolute Gasteiger partial charge is 0.462 e. The van der Waals surface area contributed by atoms with Crippen molar-refractivity contribution in [3.05, 3.63) is 34.9 Å². The summed E-state index contributed by atoms with van der Waals surface area (Å²) in [6.07, 6.45) is 0. The molecule has 0 unspecified atom stereocenters. The number of nitrogens with one attached hydrogen (secondary N) is 1. The molecule has 118 valence electrons. The van der Waals surface area contributed by atoms with Crippen molar-refractivity contribution in [3.8, 4) is 0 Å². The number of halogens is 1. The van der Waals surface area contributed by atoms with Gasteiger partial charge in [0, 0.05) is 37.7 Å². The molecule has 0 bridgehead atoms. The Kier molecular flexibility index (Phi) is 7.72. The van der Waals surface area contributed by atoms with Gasteiger partial charge in [-0.1, -0.05) is 23.7 Å². The second kappa shape index (κ2) is 9.03. The van der Waals surface area contributed by atoms with E-state index in [1.165, 1.54) is 5.56 Å². The predicted octanol–water partition coefficient (Wildman–Crippen LogP) is 2.70. The smallest absolute Gasteiger partial charge is 0.293 e. The predicted molar refractivity (Wildman–Crippen MR) is 86.5 cm³/mol. The first-order chi connectivity index (χ1) is 9.90. The normalized spacial score (nSPS) is 15.8. The van der Waals surface area contributed by atoms with E-state index >= 15 is 0 Å². The van der Waals surface area contributed by atoms with Crippen molar-refractivity contribution in [2.45, 2.75) is 32.9 Å². The minimum absolute atomic E-state index is 0.318. The van der Waals surface area contributed by atoms with E-state index in [4.69, 9.17) is 11.6 Å². The number of piperazine rings is 1. The number of nitrogens with zero attached hydrogens (tertiary/aromatic N) is 1. The number of rotatable bonds is 3. The van der Waals surface area contributed by atoms with E-state index in [1.807, 2.05) is 32.9 Å². The van der Waals surface area contributed by atoms with Crippen LogP contribution in [0.25, 0.3) is 0 Å². The summed E-state index contributed by atoms with van der Waals surface area (Å²) in [5.74, 6) is 0. The molecule has 0 amide bonds. The van der Waals surface area contributed by atoms with E-state index in [-0.39, 0.29) is 5.60 Å². The van der Waals surface area contributed by atoms with Gasteiger partial charge in [0.05, 0.1) is 0 Å². The van der Waals surface area contributed by atoms with Crippen LogP contribution in [-0.2, 0) is 16.1 Å². The molecular formula is C16H25ClN2O2. The molecule has 1 aromatic rings. The lowest BCUT2D eigenvalue weighted by atomic mass is 10.2. The highest BCUT2D eigenvalue weighted by molar-refractivity contribution is 6.30. The van der Waals surface area contributed by atoms with E-state index in [2.05, 4.69) is 27.1 Å². The number of benzene rings is 1. The molecular weight excluding hydrogens is 288 g/mol. The fraction of sp³-hybridized carbons (Fsp3) is 0.562. The van der Waals surface area contributed by atoms with Gasteiger partial charge in [-0.3, -0.25) is 9.69 Å². The Hall–Kier alpha value is -1.10. The van der Waals surface area contributed by atoms with Crippen LogP contribution in [-0.4, -0.2) is 43.2 Å². The topological polar surface area (TPSA) is 41.6 Å². The average molecular weight is 313 g/mol. The van der Waals surface area contributed by atoms with Gasteiger partial charge < -0.3 is 10.1 Å². The van der Waals surface area contributed by atoms with Crippen LogP contribution in [0, 0.1) is 0 Å². The van der Waals surface area contributed by atoms with Gasteiger partial charge in [-0.2, -0.15) is 0 Å². The molecule has 21 heavy (non-hydrogen) atoms. The highest BCUT2D eigenvalue weighted by atomic mass is 35.5. The molecule has 1 aliphatic rings. The molecule has 1 aliphatic heterocycles. The molecule has 1 saturated heterocycles. The number of carbonyl (C=O) groups excluding carboxylic acids is 1. The Morgan fingerprint density at radius 1 is 1.24 bits per heavy atom. The average Bonchev–Trinajstić information content (AvgIpc) is 2.42. The third-order valence-electron chi connectivity index (χ3n) is 2.93. The zero-order valence-electron chi connectivity index (χ0n) is 13.1. The van der Waals surface area contributed by atoms with Crippen LogP contribution >= 0.6 is 11.6 Å². The summed E-state index contributed by atoms with van der Waals surface area (Å²) in [6, 6.07) is 8.12. The number of carbonyl (C=O) groups is 1. The van der Waals surface area contributed by atoms with Crippen LogP contribution in [0.15, 0.2) is 24.3 Å². The van der Waals surface area contributed by atoms with Crippen LogP contribution in [0.5, 0.6) is 0 Å². The minimum atomic E-state index is -0.318. The first-order valence-corrected chi connectivity index (χ1v) is 7.57. The van der Waals surface area contributed by atoms with Crippen molar-refractivity contribution in [1.29, 1.82) is 0 Å². The van der Waals surface area contributed by atoms with E-state index in [0.29, 0.717) is 6.47 Å². The van der Waals surface area contributed by atoms with Crippen molar-refractivity contribution >= 4 is 18.1 Å². The number of hydrogen-bond acceptors (Lipinski definition) is 4. The summed E-state index contributed by atoms with van der Waals surface area (Å²) in [5.41, 5.74) is 1.03. The lowest BCUT2D eigenvalue weighted by Gasteiger charge is -2.27. The molecule has 0 aliphatic carbocycles. The van der Waals surface area contributed by atoms with Gasteiger partial charge in [0.2, 0.25) is 0 Å². The molecule has 0 saturated carbocycles. The van der Waals surface area contributed by atoms with Crippen LogP contribution in [0.4, 0.5) is 0 Å². The maximum Gasteiger partial charge on any atom is 0.293 e. The first-order valence-electron chi connectivity index (χ1n) is 7.20. The van der Waals surface area contributed by atoms with Crippen molar-refractivity contribution in [2.75, 3.05) is 26.2 Å². The summed E-state index contributed by atoms with van der Waals surface area (Å²) in [4.78, 5) is 12.1. The molecule has 4 nitrogen and oxygen atoms in total. The lowest BCUT2D eigenvalue weighted by molar-refractivity contribution is -0.138. The van der Waals surface area contributed by atoms with E-state index < -0.39 is 0 Å². The van der Waals surface area contributed by atoms with Gasteiger partial charge in [-0.15, -0.1) is 0 Å². The molecule has 1 N–H and O–H groups in total. The third kappa shape index (κ3) is 8.71. The molecule has 5 heteroatoms. The number of ether oxygens (including phenoxy) is 1. The van der Waals surface area contributed by atoms with Crippen LogP contribution < -0.4 is 5.32 Å². The van der Waals surface area contributed by atoms with Crippen molar-refractivity contribution in [2.24, 2.45) is 0 Å². The molecule has 0 aromatic heterocycles. The van der Waals surface area contributed by atoms with Gasteiger partial charge in [0.15, 0.2) is 0 Å². The molecule has 1 heterocycles. The Morgan fingerprint density at radius 2 is 1.81 bits per heavy atom. The Labute approximate surface area is 132 Å². The SMILES string of the molecule is CC(C)(C)OC=O.Clc1ccc(CN2CCNCC2)cc1. The first kappa shape index (κ1) is 18.0. The molecule has 0 radical (unpaired) electrons. The molecule has 1 fully saturated rings. The Bertz CT molecular complexity index is 409. The zero-order valence-corrected chi connectivity index (χ0v) is 13.8. The highest BCUT2D eigenvalue weighted by Crippen LogP contribution is 2.11. The van der Waals surface area contributed by atoms with Gasteiger partial charge in [-0.05, 0) is 38.5 Å². The highest BCUT2D eigenvalue weighted by Gasteiger charge is 2.09. The third-order valence-corrected chi connectivity index (χ3v) is 3.18. The minimum Gasteiger partial charge on any atom is -0.462 e. The van der Waals surface area contributed by atoms with Gasteiger partial charge in [0.25, 0.3) is 6.47 Å². The van der Waals surface area contributed by atoms with Crippen LogP contribution in [0.3, 0.4) is 0 Å². The maximum absolute atomic E-state index is 9.60. The van der Waals surface area contributed by atoms with E-state index in [0.717, 1.165) is 37.7 Å². The summed E-state index contributed by atoms with van der Waals surface area (Å²) in [5, 5.41) is 4.16. The Morgan fingerprint density at radius 3 is 2.24 bits per heavy atom. The summed E-state index contributed by atoms with van der Waals surface area (Å²) < 4.78 is 4.55. The molecule has 0 atom stereocenters. The molecule has 2 rings (SSSR count). The summed E-state index contributed by atoms with van der Waals surface area (Å²) in [7, 11) is 0. The zero-order chi connectivity index (χ0) is 15.7. The maximum atomic E-state index is 9.60. The van der Waals surface area contributed by atoms with E-state index in [1.54, 1.807) is 0 Å².